The van der Waals surface area contributed by atoms with E-state index in [4.69, 9.17) is 5.11 Å². The fourth-order valence-corrected chi connectivity index (χ4v) is 2.75. The molecule has 1 saturated carbocycles. The fourth-order valence-electron chi connectivity index (χ4n) is 2.39. The lowest BCUT2D eigenvalue weighted by Gasteiger charge is -2.41. The zero-order valence-electron chi connectivity index (χ0n) is 10.7. The number of benzene rings is 1. The Balaban J connectivity index is 2.16. The quantitative estimate of drug-likeness (QED) is 0.894. The molecule has 0 spiro atoms. The molecule has 1 aliphatic rings. The summed E-state index contributed by atoms with van der Waals surface area (Å²) in [6.07, 6.45) is 2.42. The molecule has 0 saturated heterocycles. The molecule has 2 N–H and O–H groups in total. The molecule has 0 atom stereocenters. The smallest absolute Gasteiger partial charge is 0.305 e. The minimum absolute atomic E-state index is 0.00814. The molecular weight excluding hydrogens is 310 g/mol. The second-order valence-electron chi connectivity index (χ2n) is 5.12. The van der Waals surface area contributed by atoms with Gasteiger partial charge in [0.2, 0.25) is 0 Å². The van der Waals surface area contributed by atoms with Crippen molar-refractivity contribution in [3.8, 4) is 0 Å². The molecule has 1 fully saturated rings. The van der Waals surface area contributed by atoms with Crippen LogP contribution in [0.2, 0.25) is 0 Å². The Labute approximate surface area is 120 Å². The SMILES string of the molecule is Cc1ccc(Br)cc1C(=O)NC1(CC(=O)O)CCC1. The van der Waals surface area contributed by atoms with Crippen LogP contribution in [0.25, 0.3) is 0 Å². The largest absolute Gasteiger partial charge is 0.481 e. The van der Waals surface area contributed by atoms with E-state index in [1.165, 1.54) is 0 Å². The molecule has 2 rings (SSSR count). The first-order valence-corrected chi connectivity index (χ1v) is 7.02. The Morgan fingerprint density at radius 2 is 2.11 bits per heavy atom. The number of nitrogens with one attached hydrogen (secondary N) is 1. The Kier molecular flexibility index (Phi) is 3.94. The van der Waals surface area contributed by atoms with Crippen molar-refractivity contribution in [2.75, 3.05) is 0 Å². The average molecular weight is 326 g/mol. The van der Waals surface area contributed by atoms with E-state index >= 15 is 0 Å². The summed E-state index contributed by atoms with van der Waals surface area (Å²) in [4.78, 5) is 23.2. The first-order valence-electron chi connectivity index (χ1n) is 6.22. The number of amides is 1. The summed E-state index contributed by atoms with van der Waals surface area (Å²) < 4.78 is 0.837. The van der Waals surface area contributed by atoms with Gasteiger partial charge in [0.05, 0.1) is 12.0 Å². The van der Waals surface area contributed by atoms with Crippen molar-refractivity contribution in [1.82, 2.24) is 5.32 Å². The highest BCUT2D eigenvalue weighted by Gasteiger charge is 2.40. The highest BCUT2D eigenvalue weighted by atomic mass is 79.9. The zero-order valence-corrected chi connectivity index (χ0v) is 12.3. The van der Waals surface area contributed by atoms with Gasteiger partial charge in [-0.3, -0.25) is 9.59 Å². The van der Waals surface area contributed by atoms with Gasteiger partial charge in [0.1, 0.15) is 0 Å². The Morgan fingerprint density at radius 3 is 2.63 bits per heavy atom. The van der Waals surface area contributed by atoms with E-state index in [2.05, 4.69) is 21.2 Å². The third kappa shape index (κ3) is 3.15. The lowest BCUT2D eigenvalue weighted by atomic mass is 9.74. The molecule has 102 valence electrons. The summed E-state index contributed by atoms with van der Waals surface area (Å²) in [6, 6.07) is 5.50. The number of halogens is 1. The molecule has 5 heteroatoms. The predicted octanol–water partition coefficient (Wildman–Crippen LogP) is 2.88. The highest BCUT2D eigenvalue weighted by molar-refractivity contribution is 9.10. The minimum atomic E-state index is -0.869. The number of hydrogen-bond acceptors (Lipinski definition) is 2. The molecule has 1 aromatic carbocycles. The molecule has 4 nitrogen and oxygen atoms in total. The first kappa shape index (κ1) is 14.1. The third-order valence-corrected chi connectivity index (χ3v) is 4.12. The van der Waals surface area contributed by atoms with Gasteiger partial charge in [-0.2, -0.15) is 0 Å². The summed E-state index contributed by atoms with van der Waals surface area (Å²) >= 11 is 3.34. The van der Waals surface area contributed by atoms with Gasteiger partial charge in [0.15, 0.2) is 0 Å². The number of carboxylic acids is 1. The minimum Gasteiger partial charge on any atom is -0.481 e. The van der Waals surface area contributed by atoms with Crippen molar-refractivity contribution in [3.63, 3.8) is 0 Å². The first-order chi connectivity index (χ1) is 8.92. The van der Waals surface area contributed by atoms with Crippen LogP contribution >= 0.6 is 15.9 Å². The number of carbonyl (C=O) groups excluding carboxylic acids is 1. The van der Waals surface area contributed by atoms with E-state index in [0.29, 0.717) is 5.56 Å². The molecule has 19 heavy (non-hydrogen) atoms. The van der Waals surface area contributed by atoms with Gasteiger partial charge in [-0.15, -0.1) is 0 Å². The molecule has 0 unspecified atom stereocenters. The van der Waals surface area contributed by atoms with Crippen LogP contribution in [0, 0.1) is 6.92 Å². The van der Waals surface area contributed by atoms with Gasteiger partial charge in [-0.05, 0) is 43.9 Å². The monoisotopic (exact) mass is 325 g/mol. The van der Waals surface area contributed by atoms with E-state index in [0.717, 1.165) is 29.3 Å². The Bertz CT molecular complexity index is 523. The summed E-state index contributed by atoms with van der Waals surface area (Å²) in [7, 11) is 0. The lowest BCUT2D eigenvalue weighted by molar-refractivity contribution is -0.139. The maximum Gasteiger partial charge on any atom is 0.305 e. The molecule has 1 aliphatic carbocycles. The molecule has 0 heterocycles. The van der Waals surface area contributed by atoms with Crippen LogP contribution in [-0.2, 0) is 4.79 Å². The lowest BCUT2D eigenvalue weighted by Crippen LogP contribution is -2.54. The van der Waals surface area contributed by atoms with E-state index in [1.54, 1.807) is 6.07 Å². The number of carboxylic acid groups (broad SMARTS) is 1. The van der Waals surface area contributed by atoms with Crippen molar-refractivity contribution in [2.45, 2.75) is 38.1 Å². The second kappa shape index (κ2) is 5.33. The topological polar surface area (TPSA) is 66.4 Å². The van der Waals surface area contributed by atoms with Gasteiger partial charge in [-0.1, -0.05) is 22.0 Å². The summed E-state index contributed by atoms with van der Waals surface area (Å²) in [5, 5.41) is 11.8. The van der Waals surface area contributed by atoms with E-state index < -0.39 is 11.5 Å². The number of carbonyl (C=O) groups is 2. The third-order valence-electron chi connectivity index (χ3n) is 3.62. The molecule has 1 amide bonds. The zero-order chi connectivity index (χ0) is 14.0. The van der Waals surface area contributed by atoms with E-state index in [-0.39, 0.29) is 12.3 Å². The van der Waals surface area contributed by atoms with Gasteiger partial charge in [0.25, 0.3) is 5.91 Å². The fraction of sp³-hybridized carbons (Fsp3) is 0.429. The number of hydrogen-bond donors (Lipinski definition) is 2. The van der Waals surface area contributed by atoms with Crippen LogP contribution in [-0.4, -0.2) is 22.5 Å². The van der Waals surface area contributed by atoms with Crippen LogP contribution in [0.1, 0.15) is 41.6 Å². The van der Waals surface area contributed by atoms with Crippen molar-refractivity contribution in [1.29, 1.82) is 0 Å². The van der Waals surface area contributed by atoms with Crippen LogP contribution in [0.5, 0.6) is 0 Å². The van der Waals surface area contributed by atoms with Crippen LogP contribution in [0.4, 0.5) is 0 Å². The summed E-state index contributed by atoms with van der Waals surface area (Å²) in [6.45, 7) is 1.87. The Hall–Kier alpha value is -1.36. The molecule has 0 bridgehead atoms. The summed E-state index contributed by atoms with van der Waals surface area (Å²) in [5.41, 5.74) is 0.911. The molecule has 0 aliphatic heterocycles. The van der Waals surface area contributed by atoms with Crippen molar-refractivity contribution in [3.05, 3.63) is 33.8 Å². The van der Waals surface area contributed by atoms with Crippen molar-refractivity contribution < 1.29 is 14.7 Å². The second-order valence-corrected chi connectivity index (χ2v) is 6.03. The number of aryl methyl sites for hydroxylation is 1. The number of rotatable bonds is 4. The molecular formula is C14H16BrNO3. The van der Waals surface area contributed by atoms with Gasteiger partial charge in [0, 0.05) is 10.0 Å². The van der Waals surface area contributed by atoms with Crippen LogP contribution in [0.3, 0.4) is 0 Å². The van der Waals surface area contributed by atoms with Crippen molar-refractivity contribution in [2.24, 2.45) is 0 Å². The maximum atomic E-state index is 12.3. The maximum absolute atomic E-state index is 12.3. The number of aliphatic carboxylic acids is 1. The average Bonchev–Trinajstić information content (AvgIpc) is 2.28. The summed E-state index contributed by atoms with van der Waals surface area (Å²) in [5.74, 6) is -1.06. The van der Waals surface area contributed by atoms with Crippen LogP contribution in [0.15, 0.2) is 22.7 Å². The predicted molar refractivity (Wildman–Crippen MR) is 75.2 cm³/mol. The highest BCUT2D eigenvalue weighted by Crippen LogP contribution is 2.35. The van der Waals surface area contributed by atoms with Gasteiger partial charge < -0.3 is 10.4 Å². The van der Waals surface area contributed by atoms with E-state index in [1.807, 2.05) is 19.1 Å². The molecule has 0 radical (unpaired) electrons. The Morgan fingerprint density at radius 1 is 1.42 bits per heavy atom. The van der Waals surface area contributed by atoms with Gasteiger partial charge >= 0.3 is 5.97 Å². The molecule has 1 aromatic rings. The van der Waals surface area contributed by atoms with E-state index in [9.17, 15) is 9.59 Å². The normalized spacial score (nSPS) is 16.5. The van der Waals surface area contributed by atoms with Crippen LogP contribution < -0.4 is 5.32 Å². The standard InChI is InChI=1S/C14H16BrNO3/c1-9-3-4-10(15)7-11(9)13(19)16-14(5-2-6-14)8-12(17)18/h3-4,7H,2,5-6,8H2,1H3,(H,16,19)(H,17,18). The molecule has 0 aromatic heterocycles. The van der Waals surface area contributed by atoms with Gasteiger partial charge in [-0.25, -0.2) is 0 Å². The van der Waals surface area contributed by atoms with Crippen molar-refractivity contribution >= 4 is 27.8 Å².